The predicted octanol–water partition coefficient (Wildman–Crippen LogP) is 2.75. The van der Waals surface area contributed by atoms with Crippen LogP contribution in [0.5, 0.6) is 0 Å². The van der Waals surface area contributed by atoms with Crippen molar-refractivity contribution in [2.75, 3.05) is 11.9 Å². The first-order valence-electron chi connectivity index (χ1n) is 7.66. The summed E-state index contributed by atoms with van der Waals surface area (Å²) in [5.74, 6) is -0.980. The third-order valence-electron chi connectivity index (χ3n) is 4.08. The Morgan fingerprint density at radius 2 is 1.76 bits per heavy atom. The number of hydrogen-bond donors (Lipinski definition) is 2. The number of carbonyl (C=O) groups is 3. The maximum atomic E-state index is 12.7. The lowest BCUT2D eigenvalue weighted by molar-refractivity contribution is -0.133. The van der Waals surface area contributed by atoms with Crippen LogP contribution in [-0.2, 0) is 15.1 Å². The van der Waals surface area contributed by atoms with E-state index in [4.69, 9.17) is 11.6 Å². The molecule has 0 radical (unpaired) electrons. The highest BCUT2D eigenvalue weighted by Crippen LogP contribution is 2.28. The van der Waals surface area contributed by atoms with Gasteiger partial charge in [0, 0.05) is 0 Å². The quantitative estimate of drug-likeness (QED) is 0.826. The Morgan fingerprint density at radius 1 is 1.12 bits per heavy atom. The van der Waals surface area contributed by atoms with Gasteiger partial charge in [0.05, 0.1) is 10.7 Å². The summed E-state index contributed by atoms with van der Waals surface area (Å²) in [6, 6.07) is 15.0. The molecule has 2 N–H and O–H groups in total. The van der Waals surface area contributed by atoms with Crippen molar-refractivity contribution in [2.24, 2.45) is 0 Å². The van der Waals surface area contributed by atoms with Crippen LogP contribution in [0.3, 0.4) is 0 Å². The number of rotatable bonds is 4. The molecule has 2 aromatic rings. The summed E-state index contributed by atoms with van der Waals surface area (Å²) in [6.45, 7) is 1.23. The predicted molar refractivity (Wildman–Crippen MR) is 94.1 cm³/mol. The molecular formula is C18H16ClN3O3. The topological polar surface area (TPSA) is 78.5 Å². The van der Waals surface area contributed by atoms with E-state index in [0.717, 1.165) is 4.90 Å². The van der Waals surface area contributed by atoms with Crippen LogP contribution in [0.15, 0.2) is 54.6 Å². The lowest BCUT2D eigenvalue weighted by atomic mass is 9.92. The number of anilines is 1. The molecular weight excluding hydrogens is 342 g/mol. The van der Waals surface area contributed by atoms with Crippen LogP contribution in [-0.4, -0.2) is 29.3 Å². The summed E-state index contributed by atoms with van der Waals surface area (Å²) in [4.78, 5) is 38.1. The highest BCUT2D eigenvalue weighted by molar-refractivity contribution is 6.33. The summed E-state index contributed by atoms with van der Waals surface area (Å²) >= 11 is 5.99. The number of nitrogens with zero attached hydrogens (tertiary/aromatic N) is 1. The molecule has 2 aromatic carbocycles. The molecule has 1 saturated heterocycles. The van der Waals surface area contributed by atoms with Crippen LogP contribution in [0.1, 0.15) is 12.5 Å². The van der Waals surface area contributed by atoms with Gasteiger partial charge in [-0.1, -0.05) is 54.1 Å². The molecule has 0 bridgehead atoms. The van der Waals surface area contributed by atoms with Gasteiger partial charge in [-0.3, -0.25) is 14.5 Å². The van der Waals surface area contributed by atoms with E-state index in [1.807, 2.05) is 6.07 Å². The van der Waals surface area contributed by atoms with Gasteiger partial charge >= 0.3 is 6.03 Å². The molecule has 6 nitrogen and oxygen atoms in total. The number of halogens is 1. The van der Waals surface area contributed by atoms with Gasteiger partial charge in [-0.2, -0.15) is 0 Å². The highest BCUT2D eigenvalue weighted by Gasteiger charge is 2.49. The van der Waals surface area contributed by atoms with Gasteiger partial charge in [0.15, 0.2) is 0 Å². The fraction of sp³-hybridized carbons (Fsp3) is 0.167. The number of hydrogen-bond acceptors (Lipinski definition) is 3. The fourth-order valence-corrected chi connectivity index (χ4v) is 2.89. The molecule has 4 amide bonds. The van der Waals surface area contributed by atoms with Crippen molar-refractivity contribution >= 4 is 35.1 Å². The Labute approximate surface area is 149 Å². The van der Waals surface area contributed by atoms with Crippen LogP contribution < -0.4 is 10.6 Å². The van der Waals surface area contributed by atoms with E-state index in [9.17, 15) is 14.4 Å². The lowest BCUT2D eigenvalue weighted by Crippen LogP contribution is -2.42. The minimum atomic E-state index is -1.19. The minimum absolute atomic E-state index is 0.377. The van der Waals surface area contributed by atoms with Crippen LogP contribution >= 0.6 is 11.6 Å². The third-order valence-corrected chi connectivity index (χ3v) is 4.41. The van der Waals surface area contributed by atoms with Crippen molar-refractivity contribution in [1.82, 2.24) is 10.2 Å². The second-order valence-electron chi connectivity index (χ2n) is 5.84. The van der Waals surface area contributed by atoms with Crippen LogP contribution in [0.2, 0.25) is 5.02 Å². The van der Waals surface area contributed by atoms with E-state index < -0.39 is 29.9 Å². The normalized spacial score (nSPS) is 19.7. The average molecular weight is 358 g/mol. The van der Waals surface area contributed by atoms with Gasteiger partial charge in [0.2, 0.25) is 5.91 Å². The van der Waals surface area contributed by atoms with E-state index in [2.05, 4.69) is 10.6 Å². The monoisotopic (exact) mass is 357 g/mol. The summed E-state index contributed by atoms with van der Waals surface area (Å²) in [5.41, 5.74) is -0.113. The van der Waals surface area contributed by atoms with Gasteiger partial charge in [0.1, 0.15) is 12.1 Å². The maximum Gasteiger partial charge on any atom is 0.325 e. The van der Waals surface area contributed by atoms with E-state index in [-0.39, 0.29) is 0 Å². The van der Waals surface area contributed by atoms with Crippen molar-refractivity contribution in [3.8, 4) is 0 Å². The molecule has 3 rings (SSSR count). The molecule has 128 valence electrons. The molecule has 7 heteroatoms. The van der Waals surface area contributed by atoms with Crippen LogP contribution in [0.25, 0.3) is 0 Å². The number of amides is 4. The van der Waals surface area contributed by atoms with Crippen molar-refractivity contribution in [3.63, 3.8) is 0 Å². The third kappa shape index (κ3) is 3.21. The number of nitrogens with one attached hydrogen (secondary N) is 2. The van der Waals surface area contributed by atoms with E-state index >= 15 is 0 Å². The molecule has 0 spiro atoms. The minimum Gasteiger partial charge on any atom is -0.323 e. The van der Waals surface area contributed by atoms with E-state index in [0.29, 0.717) is 16.3 Å². The smallest absolute Gasteiger partial charge is 0.323 e. The Bertz CT molecular complexity index is 840. The van der Waals surface area contributed by atoms with Crippen LogP contribution in [0.4, 0.5) is 10.5 Å². The number of para-hydroxylation sites is 1. The molecule has 1 heterocycles. The van der Waals surface area contributed by atoms with Gasteiger partial charge in [-0.25, -0.2) is 4.79 Å². The van der Waals surface area contributed by atoms with Crippen molar-refractivity contribution in [3.05, 3.63) is 65.2 Å². The first-order valence-corrected chi connectivity index (χ1v) is 8.03. The second kappa shape index (κ2) is 6.57. The number of imide groups is 1. The van der Waals surface area contributed by atoms with Gasteiger partial charge in [-0.15, -0.1) is 0 Å². The molecule has 0 aromatic heterocycles. The van der Waals surface area contributed by atoms with Crippen LogP contribution in [0, 0.1) is 0 Å². The summed E-state index contributed by atoms with van der Waals surface area (Å²) < 4.78 is 0. The molecule has 1 fully saturated rings. The standard InChI is InChI=1S/C18H16ClN3O3/c1-18(12-7-3-2-4-8-12)16(24)22(17(25)21-18)11-15(23)20-14-10-6-5-9-13(14)19/h2-10H,11H2,1H3,(H,20,23)(H,21,25). The zero-order valence-corrected chi connectivity index (χ0v) is 14.2. The van der Waals surface area contributed by atoms with E-state index in [1.54, 1.807) is 55.5 Å². The van der Waals surface area contributed by atoms with E-state index in [1.165, 1.54) is 0 Å². The molecule has 1 aliphatic heterocycles. The first-order chi connectivity index (χ1) is 11.9. The zero-order chi connectivity index (χ0) is 18.0. The Balaban J connectivity index is 1.75. The Hall–Kier alpha value is -2.86. The van der Waals surface area contributed by atoms with Crippen molar-refractivity contribution < 1.29 is 14.4 Å². The van der Waals surface area contributed by atoms with Gasteiger partial charge in [0.25, 0.3) is 5.91 Å². The Morgan fingerprint density at radius 3 is 2.44 bits per heavy atom. The first kappa shape index (κ1) is 17.0. The fourth-order valence-electron chi connectivity index (χ4n) is 2.70. The summed E-state index contributed by atoms with van der Waals surface area (Å²) in [7, 11) is 0. The molecule has 1 aliphatic rings. The lowest BCUT2D eigenvalue weighted by Gasteiger charge is -2.22. The summed E-state index contributed by atoms with van der Waals surface area (Å²) in [5, 5.41) is 5.64. The van der Waals surface area contributed by atoms with Gasteiger partial charge < -0.3 is 10.6 Å². The SMILES string of the molecule is CC1(c2ccccc2)NC(=O)N(CC(=O)Nc2ccccc2Cl)C1=O. The summed E-state index contributed by atoms with van der Waals surface area (Å²) in [6.07, 6.45) is 0. The van der Waals surface area contributed by atoms with Gasteiger partial charge in [-0.05, 0) is 24.6 Å². The maximum absolute atomic E-state index is 12.7. The highest BCUT2D eigenvalue weighted by atomic mass is 35.5. The second-order valence-corrected chi connectivity index (χ2v) is 6.25. The molecule has 25 heavy (non-hydrogen) atoms. The number of benzene rings is 2. The molecule has 0 saturated carbocycles. The van der Waals surface area contributed by atoms with Crippen molar-refractivity contribution in [2.45, 2.75) is 12.5 Å². The largest absolute Gasteiger partial charge is 0.325 e. The number of carbonyl (C=O) groups excluding carboxylic acids is 3. The zero-order valence-electron chi connectivity index (χ0n) is 13.5. The average Bonchev–Trinajstić information content (AvgIpc) is 2.82. The molecule has 0 aliphatic carbocycles. The Kier molecular flexibility index (Phi) is 4.46. The number of urea groups is 1. The van der Waals surface area contributed by atoms with Crippen molar-refractivity contribution in [1.29, 1.82) is 0 Å². The molecule has 1 atom stereocenters. The molecule has 1 unspecified atom stereocenters.